The Kier molecular flexibility index (Phi) is 10.9. The minimum atomic E-state index is -1.26. The van der Waals surface area contributed by atoms with Crippen LogP contribution in [-0.4, -0.2) is 37.9 Å². The highest BCUT2D eigenvalue weighted by molar-refractivity contribution is 7.83. The van der Waals surface area contributed by atoms with Crippen molar-refractivity contribution in [3.05, 3.63) is 47.4 Å². The summed E-state index contributed by atoms with van der Waals surface area (Å²) in [6.45, 7) is 6.71. The Labute approximate surface area is 219 Å². The third kappa shape index (κ3) is 8.42. The predicted octanol–water partition coefficient (Wildman–Crippen LogP) is 5.32. The smallest absolute Gasteiger partial charge is 0.404 e. The van der Waals surface area contributed by atoms with E-state index in [2.05, 4.69) is 42.6 Å². The lowest BCUT2D eigenvalue weighted by Gasteiger charge is -2.18. The molecule has 11 heteroatoms. The van der Waals surface area contributed by atoms with E-state index in [-0.39, 0.29) is 6.10 Å². The van der Waals surface area contributed by atoms with Gasteiger partial charge in [-0.05, 0) is 38.3 Å². The number of amides is 1. The fourth-order valence-electron chi connectivity index (χ4n) is 3.97. The number of hydrogen-bond donors (Lipinski definition) is 4. The van der Waals surface area contributed by atoms with Crippen LogP contribution in [0.2, 0.25) is 0 Å². The van der Waals surface area contributed by atoms with Crippen LogP contribution >= 0.6 is 11.3 Å². The average Bonchev–Trinajstić information content (AvgIpc) is 3.55. The monoisotopic (exact) mass is 532 g/mol. The van der Waals surface area contributed by atoms with Gasteiger partial charge >= 0.3 is 6.09 Å². The molecule has 2 heterocycles. The van der Waals surface area contributed by atoms with Gasteiger partial charge in [-0.15, -0.1) is 11.3 Å². The highest BCUT2D eigenvalue weighted by atomic mass is 32.2. The largest absolute Gasteiger partial charge is 0.447 e. The number of aromatic nitrogens is 3. The summed E-state index contributed by atoms with van der Waals surface area (Å²) in [5.41, 5.74) is 6.70. The van der Waals surface area contributed by atoms with Gasteiger partial charge in [0.2, 0.25) is 0 Å². The van der Waals surface area contributed by atoms with E-state index in [0.717, 1.165) is 26.8 Å². The molecule has 0 radical (unpaired) electrons. The van der Waals surface area contributed by atoms with Gasteiger partial charge in [-0.25, -0.2) is 23.7 Å². The minimum Gasteiger partial charge on any atom is -0.447 e. The number of ether oxygens (including phenoxy) is 1. The van der Waals surface area contributed by atoms with E-state index in [1.807, 2.05) is 19.2 Å². The Morgan fingerprint density at radius 3 is 2.67 bits per heavy atom. The lowest BCUT2D eigenvalue weighted by Crippen LogP contribution is -2.17. The van der Waals surface area contributed by atoms with Gasteiger partial charge < -0.3 is 20.8 Å². The lowest BCUT2D eigenvalue weighted by atomic mass is 9.90. The molecule has 3 aromatic rings. The van der Waals surface area contributed by atoms with Crippen LogP contribution in [0.4, 0.5) is 10.7 Å². The predicted molar refractivity (Wildman–Crippen MR) is 145 cm³/mol. The van der Waals surface area contributed by atoms with E-state index in [0.29, 0.717) is 19.0 Å². The maximum Gasteiger partial charge on any atom is 0.404 e. The summed E-state index contributed by atoms with van der Waals surface area (Å²) in [7, 11) is -1.26. The second-order valence-electron chi connectivity index (χ2n) is 8.77. The lowest BCUT2D eigenvalue weighted by molar-refractivity contribution is 0.125. The summed E-state index contributed by atoms with van der Waals surface area (Å²) < 4.78 is 20.3. The fraction of sp³-hybridized carbons (Fsp3) is 0.480. The first-order chi connectivity index (χ1) is 17.4. The molecule has 0 aliphatic heterocycles. The molecule has 0 spiro atoms. The minimum absolute atomic E-state index is 0.0995. The average molecular weight is 533 g/mol. The first kappa shape index (κ1) is 27.8. The van der Waals surface area contributed by atoms with E-state index in [1.165, 1.54) is 37.1 Å². The molecule has 1 amide bonds. The van der Waals surface area contributed by atoms with Crippen molar-refractivity contribution in [2.24, 2.45) is 5.73 Å². The molecular formula is C25H36N6O3S2. The van der Waals surface area contributed by atoms with Crippen LogP contribution in [0.1, 0.15) is 69.4 Å². The van der Waals surface area contributed by atoms with Crippen LogP contribution in [0.25, 0.3) is 10.4 Å². The molecular weight excluding hydrogens is 496 g/mol. The molecule has 2 aromatic heterocycles. The Morgan fingerprint density at radius 2 is 2.06 bits per heavy atom. The molecule has 196 valence electrons. The van der Waals surface area contributed by atoms with E-state index >= 15 is 0 Å². The number of carbonyl (C=O) groups excluding carboxylic acids is 1. The van der Waals surface area contributed by atoms with Gasteiger partial charge in [-0.1, -0.05) is 38.3 Å². The second-order valence-corrected chi connectivity index (χ2v) is 11.1. The van der Waals surface area contributed by atoms with Gasteiger partial charge in [0.05, 0.1) is 20.9 Å². The third-order valence-electron chi connectivity index (χ3n) is 5.57. The number of carbonyl (C=O) groups is 1. The number of aromatic amines is 1. The van der Waals surface area contributed by atoms with Crippen molar-refractivity contribution in [2.75, 3.05) is 11.9 Å². The normalized spacial score (nSPS) is 14.7. The number of primary amides is 1. The standard InChI is InChI=1S/C21H27N5OS2.C4H9NO2/c1-2-26-29(27)19-12-15(13-25-21-22-10-11-23-21)8-9-17(19)18-14-24-20(28-18)16-6-4-3-5-7-16;1-3(2)7-4(5)6/h8-12,14,16,26H,2-7,13H2,1H3,(H2,22,23,25);3H,1-2H3,(H2,5,6). The maximum absolute atomic E-state index is 12.9. The van der Waals surface area contributed by atoms with Crippen molar-refractivity contribution in [2.45, 2.75) is 76.3 Å². The Morgan fingerprint density at radius 1 is 1.28 bits per heavy atom. The molecule has 1 aliphatic carbocycles. The molecule has 36 heavy (non-hydrogen) atoms. The summed E-state index contributed by atoms with van der Waals surface area (Å²) in [6, 6.07) is 6.17. The van der Waals surface area contributed by atoms with Crippen LogP contribution < -0.4 is 15.8 Å². The van der Waals surface area contributed by atoms with Gasteiger partial charge in [0.15, 0.2) is 5.95 Å². The van der Waals surface area contributed by atoms with Crippen molar-refractivity contribution in [3.63, 3.8) is 0 Å². The van der Waals surface area contributed by atoms with E-state index in [9.17, 15) is 9.00 Å². The molecule has 4 rings (SSSR count). The van der Waals surface area contributed by atoms with E-state index in [4.69, 9.17) is 4.98 Å². The van der Waals surface area contributed by atoms with Gasteiger partial charge in [-0.2, -0.15) is 0 Å². The number of hydrogen-bond acceptors (Lipinski definition) is 7. The highest BCUT2D eigenvalue weighted by Gasteiger charge is 2.21. The number of rotatable bonds is 9. The number of thiazole rings is 1. The quantitative estimate of drug-likeness (QED) is 0.295. The molecule has 1 unspecified atom stereocenters. The maximum atomic E-state index is 12.9. The van der Waals surface area contributed by atoms with Gasteiger partial charge in [0, 0.05) is 43.2 Å². The van der Waals surface area contributed by atoms with Crippen molar-refractivity contribution in [1.29, 1.82) is 0 Å². The molecule has 5 N–H and O–H groups in total. The van der Waals surface area contributed by atoms with Gasteiger partial charge in [0.25, 0.3) is 0 Å². The van der Waals surface area contributed by atoms with E-state index < -0.39 is 17.1 Å². The Balaban J connectivity index is 0.000000454. The Hall–Kier alpha value is -2.76. The molecule has 1 atom stereocenters. The SMILES string of the molecule is CC(C)OC(N)=O.CCNS(=O)c1cc(CNc2ncc[nH]2)ccc1-c1cnc(C2CCCCC2)s1. The van der Waals surface area contributed by atoms with Crippen molar-refractivity contribution in [3.8, 4) is 10.4 Å². The van der Waals surface area contributed by atoms with Crippen molar-refractivity contribution < 1.29 is 13.7 Å². The summed E-state index contributed by atoms with van der Waals surface area (Å²) >= 11 is 1.76. The summed E-state index contributed by atoms with van der Waals surface area (Å²) in [5.74, 6) is 1.31. The highest BCUT2D eigenvalue weighted by Crippen LogP contribution is 2.39. The summed E-state index contributed by atoms with van der Waals surface area (Å²) in [6.07, 6.45) is 11.0. The molecule has 0 bridgehead atoms. The van der Waals surface area contributed by atoms with Crippen molar-refractivity contribution in [1.82, 2.24) is 19.7 Å². The molecule has 9 nitrogen and oxygen atoms in total. The number of imidazole rings is 1. The zero-order valence-electron chi connectivity index (χ0n) is 21.1. The zero-order chi connectivity index (χ0) is 25.9. The van der Waals surface area contributed by atoms with Crippen LogP contribution in [0, 0.1) is 0 Å². The van der Waals surface area contributed by atoms with Gasteiger partial charge in [0.1, 0.15) is 11.0 Å². The summed E-state index contributed by atoms with van der Waals surface area (Å²) in [5, 5.41) is 4.48. The number of anilines is 1. The zero-order valence-corrected chi connectivity index (χ0v) is 22.7. The number of nitrogens with zero attached hydrogens (tertiary/aromatic N) is 2. The second kappa shape index (κ2) is 14.1. The van der Waals surface area contributed by atoms with Crippen LogP contribution in [-0.2, 0) is 22.3 Å². The first-order valence-corrected chi connectivity index (χ1v) is 14.3. The molecule has 1 saturated carbocycles. The van der Waals surface area contributed by atoms with Crippen molar-refractivity contribution >= 4 is 34.4 Å². The third-order valence-corrected chi connectivity index (χ3v) is 8.06. The van der Waals surface area contributed by atoms with Crippen LogP contribution in [0.3, 0.4) is 0 Å². The number of H-pyrrole nitrogens is 1. The molecule has 1 fully saturated rings. The number of nitrogens with two attached hydrogens (primary N) is 1. The molecule has 1 aromatic carbocycles. The molecule has 0 saturated heterocycles. The van der Waals surface area contributed by atoms with Crippen LogP contribution in [0.15, 0.2) is 41.7 Å². The fourth-order valence-corrected chi connectivity index (χ4v) is 6.22. The van der Waals surface area contributed by atoms with Crippen LogP contribution in [0.5, 0.6) is 0 Å². The molecule has 1 aliphatic rings. The topological polar surface area (TPSA) is 135 Å². The number of benzene rings is 1. The van der Waals surface area contributed by atoms with E-state index in [1.54, 1.807) is 37.6 Å². The Bertz CT molecular complexity index is 1110. The number of nitrogens with one attached hydrogen (secondary N) is 3. The summed E-state index contributed by atoms with van der Waals surface area (Å²) in [4.78, 5) is 23.7. The van der Waals surface area contributed by atoms with Gasteiger partial charge in [-0.3, -0.25) is 0 Å². The first-order valence-electron chi connectivity index (χ1n) is 12.3.